The highest BCUT2D eigenvalue weighted by Gasteiger charge is 2.16. The van der Waals surface area contributed by atoms with Crippen LogP contribution in [-0.4, -0.2) is 21.2 Å². The molecule has 4 aromatic rings. The summed E-state index contributed by atoms with van der Waals surface area (Å²) in [6.45, 7) is 1.89. The van der Waals surface area contributed by atoms with E-state index in [4.69, 9.17) is 21.5 Å². The molecular weight excluding hydrogens is 420 g/mol. The zero-order valence-corrected chi connectivity index (χ0v) is 17.4. The molecule has 0 aliphatic rings. The van der Waals surface area contributed by atoms with Crippen molar-refractivity contribution in [2.24, 2.45) is 0 Å². The molecular formula is C21H16N4O3S2. The monoisotopic (exact) mass is 436 g/mol. The van der Waals surface area contributed by atoms with E-state index < -0.39 is 5.91 Å². The van der Waals surface area contributed by atoms with E-state index in [2.05, 4.69) is 20.8 Å². The second-order valence-electron chi connectivity index (χ2n) is 6.18. The molecule has 2 aromatic carbocycles. The highest BCUT2D eigenvalue weighted by molar-refractivity contribution is 7.80. The van der Waals surface area contributed by atoms with Gasteiger partial charge < -0.3 is 14.6 Å². The number of nitrogens with one attached hydrogen (secondary N) is 2. The van der Waals surface area contributed by atoms with Crippen LogP contribution in [0, 0.1) is 6.92 Å². The molecule has 7 nitrogen and oxygen atoms in total. The van der Waals surface area contributed by atoms with Crippen LogP contribution in [0.2, 0.25) is 0 Å². The summed E-state index contributed by atoms with van der Waals surface area (Å²) in [4.78, 5) is 16.7. The van der Waals surface area contributed by atoms with Gasteiger partial charge in [0.05, 0.1) is 5.01 Å². The third kappa shape index (κ3) is 4.88. The smallest absolute Gasteiger partial charge is 0.279 e. The molecule has 0 spiro atoms. The van der Waals surface area contributed by atoms with Crippen molar-refractivity contribution in [3.63, 3.8) is 0 Å². The normalized spacial score (nSPS) is 10.4. The molecule has 0 atom stereocenters. The maximum atomic E-state index is 12.4. The van der Waals surface area contributed by atoms with E-state index in [1.54, 1.807) is 24.3 Å². The van der Waals surface area contributed by atoms with Crippen molar-refractivity contribution < 1.29 is 14.1 Å². The first kappa shape index (κ1) is 19.7. The van der Waals surface area contributed by atoms with Crippen LogP contribution in [0.15, 0.2) is 70.6 Å². The Morgan fingerprint density at radius 1 is 1.10 bits per heavy atom. The molecule has 0 bridgehead atoms. The average Bonchev–Trinajstić information content (AvgIpc) is 3.39. The Hall–Kier alpha value is -3.56. The van der Waals surface area contributed by atoms with Gasteiger partial charge in [-0.05, 0) is 55.5 Å². The highest BCUT2D eigenvalue weighted by atomic mass is 32.1. The zero-order valence-electron chi connectivity index (χ0n) is 15.8. The van der Waals surface area contributed by atoms with Gasteiger partial charge in [-0.3, -0.25) is 10.1 Å². The van der Waals surface area contributed by atoms with Crippen LogP contribution in [-0.2, 0) is 0 Å². The largest absolute Gasteiger partial charge is 0.457 e. The predicted octanol–water partition coefficient (Wildman–Crippen LogP) is 5.03. The van der Waals surface area contributed by atoms with Crippen molar-refractivity contribution >= 4 is 40.3 Å². The molecule has 4 rings (SSSR count). The summed E-state index contributed by atoms with van der Waals surface area (Å²) in [5.74, 6) is 1.39. The molecule has 150 valence electrons. The summed E-state index contributed by atoms with van der Waals surface area (Å²) in [5, 5.41) is 12.2. The van der Waals surface area contributed by atoms with Crippen molar-refractivity contribution in [1.82, 2.24) is 15.5 Å². The second-order valence-corrected chi connectivity index (χ2v) is 7.65. The van der Waals surface area contributed by atoms with E-state index in [-0.39, 0.29) is 10.8 Å². The number of anilines is 1. The molecule has 0 saturated carbocycles. The Morgan fingerprint density at radius 2 is 1.83 bits per heavy atom. The van der Waals surface area contributed by atoms with Gasteiger partial charge in [-0.25, -0.2) is 4.98 Å². The number of rotatable bonds is 5. The van der Waals surface area contributed by atoms with Gasteiger partial charge >= 0.3 is 0 Å². The Labute approximate surface area is 181 Å². The Kier molecular flexibility index (Phi) is 5.82. The summed E-state index contributed by atoms with van der Waals surface area (Å²) < 4.78 is 11.0. The summed E-state index contributed by atoms with van der Waals surface area (Å²) in [6.07, 6.45) is 0. The number of ether oxygens (including phenoxy) is 1. The first-order valence-electron chi connectivity index (χ1n) is 8.91. The number of hydrogen-bond donors (Lipinski definition) is 2. The topological polar surface area (TPSA) is 89.3 Å². The van der Waals surface area contributed by atoms with Crippen molar-refractivity contribution in [2.75, 3.05) is 5.32 Å². The molecule has 2 N–H and O–H groups in total. The van der Waals surface area contributed by atoms with Gasteiger partial charge in [0, 0.05) is 17.1 Å². The lowest BCUT2D eigenvalue weighted by Crippen LogP contribution is -2.34. The maximum absolute atomic E-state index is 12.4. The minimum Gasteiger partial charge on any atom is -0.457 e. The Morgan fingerprint density at radius 3 is 2.53 bits per heavy atom. The minimum atomic E-state index is -0.474. The zero-order chi connectivity index (χ0) is 20.9. The third-order valence-corrected chi connectivity index (χ3v) is 4.91. The van der Waals surface area contributed by atoms with Gasteiger partial charge in [0.25, 0.3) is 5.91 Å². The first-order chi connectivity index (χ1) is 14.6. The van der Waals surface area contributed by atoms with Crippen molar-refractivity contribution in [3.05, 3.63) is 76.7 Å². The Bertz CT molecular complexity index is 1170. The van der Waals surface area contributed by atoms with Crippen molar-refractivity contribution in [1.29, 1.82) is 0 Å². The van der Waals surface area contributed by atoms with E-state index in [9.17, 15) is 4.79 Å². The SMILES string of the molecule is Cc1nc(-c2cc(C(=O)NC(=S)Nc3ccc(Oc4ccccc4)cc3)no2)cs1. The summed E-state index contributed by atoms with van der Waals surface area (Å²) in [7, 11) is 0. The molecule has 2 aromatic heterocycles. The van der Waals surface area contributed by atoms with Crippen LogP contribution >= 0.6 is 23.6 Å². The highest BCUT2D eigenvalue weighted by Crippen LogP contribution is 2.23. The summed E-state index contributed by atoms with van der Waals surface area (Å²) >= 11 is 6.70. The molecule has 0 aliphatic carbocycles. The van der Waals surface area contributed by atoms with Gasteiger partial charge in [-0.2, -0.15) is 0 Å². The summed E-state index contributed by atoms with van der Waals surface area (Å²) in [6, 6.07) is 18.2. The van der Waals surface area contributed by atoms with E-state index in [0.29, 0.717) is 22.9 Å². The number of thiazole rings is 1. The van der Waals surface area contributed by atoms with Gasteiger partial charge in [0.15, 0.2) is 16.6 Å². The van der Waals surface area contributed by atoms with Gasteiger partial charge in [-0.15, -0.1) is 11.3 Å². The lowest BCUT2D eigenvalue weighted by atomic mass is 10.3. The maximum Gasteiger partial charge on any atom is 0.279 e. The number of thiocarbonyl (C=S) groups is 1. The van der Waals surface area contributed by atoms with Crippen LogP contribution in [0.5, 0.6) is 11.5 Å². The van der Waals surface area contributed by atoms with E-state index in [0.717, 1.165) is 10.8 Å². The van der Waals surface area contributed by atoms with E-state index >= 15 is 0 Å². The molecule has 1 amide bonds. The van der Waals surface area contributed by atoms with Gasteiger partial charge in [0.2, 0.25) is 0 Å². The van der Waals surface area contributed by atoms with Crippen molar-refractivity contribution in [3.8, 4) is 23.0 Å². The minimum absolute atomic E-state index is 0.117. The van der Waals surface area contributed by atoms with E-state index in [1.165, 1.54) is 17.4 Å². The van der Waals surface area contributed by atoms with Crippen LogP contribution in [0.4, 0.5) is 5.69 Å². The second kappa shape index (κ2) is 8.85. The molecule has 0 unspecified atom stereocenters. The molecule has 9 heteroatoms. The van der Waals surface area contributed by atoms with Crippen LogP contribution in [0.3, 0.4) is 0 Å². The molecule has 0 fully saturated rings. The standard InChI is InChI=1S/C21H16N4O3S2/c1-13-22-18(12-30-13)19-11-17(25-28-19)20(26)24-21(29)23-14-7-9-16(10-8-14)27-15-5-3-2-4-6-15/h2-12H,1H3,(H2,23,24,26,29). The fraction of sp³-hybridized carbons (Fsp3) is 0.0476. The number of nitrogens with zero attached hydrogens (tertiary/aromatic N) is 2. The fourth-order valence-electron chi connectivity index (χ4n) is 2.54. The molecule has 0 radical (unpaired) electrons. The average molecular weight is 437 g/mol. The first-order valence-corrected chi connectivity index (χ1v) is 10.2. The number of aromatic nitrogens is 2. The molecule has 2 heterocycles. The lowest BCUT2D eigenvalue weighted by molar-refractivity contribution is 0.0969. The number of hydrogen-bond acceptors (Lipinski definition) is 7. The quantitative estimate of drug-likeness (QED) is 0.424. The number of carbonyl (C=O) groups excluding carboxylic acids is 1. The Balaban J connectivity index is 1.33. The number of carbonyl (C=O) groups is 1. The fourth-order valence-corrected chi connectivity index (χ4v) is 3.35. The lowest BCUT2D eigenvalue weighted by Gasteiger charge is -2.10. The summed E-state index contributed by atoms with van der Waals surface area (Å²) in [5.41, 5.74) is 1.47. The van der Waals surface area contributed by atoms with Crippen LogP contribution in [0.25, 0.3) is 11.5 Å². The number of benzene rings is 2. The van der Waals surface area contributed by atoms with Gasteiger partial charge in [0.1, 0.15) is 17.2 Å². The third-order valence-electron chi connectivity index (χ3n) is 3.93. The molecule has 0 aliphatic heterocycles. The number of amides is 1. The predicted molar refractivity (Wildman–Crippen MR) is 119 cm³/mol. The van der Waals surface area contributed by atoms with Crippen molar-refractivity contribution in [2.45, 2.75) is 6.92 Å². The number of aryl methyl sites for hydroxylation is 1. The molecule has 0 saturated heterocycles. The molecule has 30 heavy (non-hydrogen) atoms. The van der Waals surface area contributed by atoms with Crippen LogP contribution in [0.1, 0.15) is 15.5 Å². The van der Waals surface area contributed by atoms with E-state index in [1.807, 2.05) is 42.6 Å². The van der Waals surface area contributed by atoms with Gasteiger partial charge in [-0.1, -0.05) is 23.4 Å². The van der Waals surface area contributed by atoms with Crippen LogP contribution < -0.4 is 15.4 Å². The number of para-hydroxylation sites is 1.